The van der Waals surface area contributed by atoms with Crippen LogP contribution in [0.15, 0.2) is 0 Å². The van der Waals surface area contributed by atoms with Crippen LogP contribution >= 0.6 is 0 Å². The van der Waals surface area contributed by atoms with Crippen molar-refractivity contribution in [1.29, 1.82) is 0 Å². The van der Waals surface area contributed by atoms with Gasteiger partial charge in [-0.05, 0) is 0 Å². The van der Waals surface area contributed by atoms with Crippen LogP contribution in [-0.4, -0.2) is 50.2 Å². The van der Waals surface area contributed by atoms with Crippen molar-refractivity contribution in [2.45, 2.75) is 0 Å². The Balaban J connectivity index is 2.20. The van der Waals surface area contributed by atoms with E-state index in [1.165, 1.54) is 0 Å². The predicted molar refractivity (Wildman–Crippen MR) is 46.9 cm³/mol. The zero-order valence-corrected chi connectivity index (χ0v) is 7.18. The van der Waals surface area contributed by atoms with E-state index in [0.717, 1.165) is 26.2 Å². The summed E-state index contributed by atoms with van der Waals surface area (Å²) in [6.45, 7) is 4.40. The first-order chi connectivity index (χ1) is 5.84. The van der Waals surface area contributed by atoms with E-state index in [-0.39, 0.29) is 6.03 Å². The molecule has 12 heavy (non-hydrogen) atoms. The summed E-state index contributed by atoms with van der Waals surface area (Å²) in [5.41, 5.74) is 5.26. The first kappa shape index (κ1) is 9.28. The van der Waals surface area contributed by atoms with Gasteiger partial charge in [-0.2, -0.15) is 0 Å². The molecule has 1 heterocycles. The third-order valence-electron chi connectivity index (χ3n) is 1.82. The molecule has 0 saturated carbocycles. The lowest BCUT2D eigenvalue weighted by atomic mass is 10.4. The van der Waals surface area contributed by atoms with Gasteiger partial charge in [0.1, 0.15) is 0 Å². The van der Waals surface area contributed by atoms with Crippen LogP contribution < -0.4 is 16.4 Å². The summed E-state index contributed by atoms with van der Waals surface area (Å²) < 4.78 is 0. The molecule has 4 N–H and O–H groups in total. The Bertz CT molecular complexity index is 144. The van der Waals surface area contributed by atoms with Gasteiger partial charge in [0.2, 0.25) is 0 Å². The fourth-order valence-electron chi connectivity index (χ4n) is 1.16. The van der Waals surface area contributed by atoms with Crippen molar-refractivity contribution in [2.24, 2.45) is 5.73 Å². The maximum absolute atomic E-state index is 11.3. The fourth-order valence-corrected chi connectivity index (χ4v) is 1.16. The van der Waals surface area contributed by atoms with Crippen molar-refractivity contribution >= 4 is 6.03 Å². The van der Waals surface area contributed by atoms with Gasteiger partial charge >= 0.3 is 6.03 Å². The average Bonchev–Trinajstić information content (AvgIpc) is 2.15. The van der Waals surface area contributed by atoms with E-state index in [4.69, 9.17) is 5.73 Å². The van der Waals surface area contributed by atoms with Crippen molar-refractivity contribution in [2.75, 3.05) is 39.3 Å². The van der Waals surface area contributed by atoms with Crippen molar-refractivity contribution in [3.8, 4) is 0 Å². The quantitative estimate of drug-likeness (QED) is 0.478. The molecule has 1 rings (SSSR count). The highest BCUT2D eigenvalue weighted by molar-refractivity contribution is 5.74. The van der Waals surface area contributed by atoms with Crippen LogP contribution in [0.5, 0.6) is 0 Å². The van der Waals surface area contributed by atoms with Gasteiger partial charge in [-0.25, -0.2) is 4.79 Å². The van der Waals surface area contributed by atoms with Crippen molar-refractivity contribution in [3.63, 3.8) is 0 Å². The molecule has 1 aliphatic rings. The number of hydrogen-bond acceptors (Lipinski definition) is 3. The first-order valence-corrected chi connectivity index (χ1v) is 4.28. The number of carbonyl (C=O) groups is 1. The third kappa shape index (κ3) is 2.67. The van der Waals surface area contributed by atoms with Crippen LogP contribution in [0.25, 0.3) is 0 Å². The van der Waals surface area contributed by atoms with Gasteiger partial charge in [0.15, 0.2) is 0 Å². The highest BCUT2D eigenvalue weighted by Crippen LogP contribution is 1.91. The molecule has 70 valence electrons. The van der Waals surface area contributed by atoms with Crippen LogP contribution in [0.1, 0.15) is 0 Å². The maximum Gasteiger partial charge on any atom is 0.317 e. The Morgan fingerprint density at radius 2 is 2.17 bits per heavy atom. The normalized spacial score (nSPS) is 17.6. The summed E-state index contributed by atoms with van der Waals surface area (Å²) in [4.78, 5) is 13.1. The van der Waals surface area contributed by atoms with Crippen molar-refractivity contribution < 1.29 is 4.79 Å². The van der Waals surface area contributed by atoms with E-state index >= 15 is 0 Å². The summed E-state index contributed by atoms with van der Waals surface area (Å²) in [5.74, 6) is 0. The van der Waals surface area contributed by atoms with Gasteiger partial charge in [-0.1, -0.05) is 0 Å². The first-order valence-electron chi connectivity index (χ1n) is 4.28. The molecule has 1 fully saturated rings. The molecule has 5 heteroatoms. The molecular weight excluding hydrogens is 156 g/mol. The van der Waals surface area contributed by atoms with Gasteiger partial charge in [-0.15, -0.1) is 0 Å². The number of piperazine rings is 1. The molecule has 0 aromatic rings. The van der Waals surface area contributed by atoms with Crippen LogP contribution in [0.3, 0.4) is 0 Å². The molecule has 0 aromatic heterocycles. The largest absolute Gasteiger partial charge is 0.337 e. The Labute approximate surface area is 72.3 Å². The summed E-state index contributed by atoms with van der Waals surface area (Å²) >= 11 is 0. The second-order valence-electron chi connectivity index (χ2n) is 2.76. The number of nitrogens with zero attached hydrogens (tertiary/aromatic N) is 1. The van der Waals surface area contributed by atoms with Gasteiger partial charge in [0.25, 0.3) is 0 Å². The molecule has 5 nitrogen and oxygen atoms in total. The smallest absolute Gasteiger partial charge is 0.317 e. The van der Waals surface area contributed by atoms with Crippen molar-refractivity contribution in [1.82, 2.24) is 15.5 Å². The minimum absolute atomic E-state index is 0.00181. The summed E-state index contributed by atoms with van der Waals surface area (Å²) in [7, 11) is 0. The van der Waals surface area contributed by atoms with E-state index < -0.39 is 0 Å². The minimum atomic E-state index is 0.00181. The van der Waals surface area contributed by atoms with Crippen molar-refractivity contribution in [3.05, 3.63) is 0 Å². The highest BCUT2D eigenvalue weighted by Gasteiger charge is 2.14. The summed E-state index contributed by atoms with van der Waals surface area (Å²) in [5, 5.41) is 5.92. The van der Waals surface area contributed by atoms with E-state index in [0.29, 0.717) is 13.1 Å². The monoisotopic (exact) mass is 172 g/mol. The van der Waals surface area contributed by atoms with E-state index in [2.05, 4.69) is 10.6 Å². The molecule has 2 amide bonds. The molecule has 0 radical (unpaired) electrons. The van der Waals surface area contributed by atoms with E-state index in [9.17, 15) is 4.79 Å². The lowest BCUT2D eigenvalue weighted by Gasteiger charge is -2.27. The average molecular weight is 172 g/mol. The SMILES string of the molecule is NCCNC(=O)N1CCNCC1. The molecule has 0 spiro atoms. The lowest BCUT2D eigenvalue weighted by molar-refractivity contribution is 0.190. The van der Waals surface area contributed by atoms with E-state index in [1.54, 1.807) is 4.90 Å². The molecule has 0 aliphatic carbocycles. The van der Waals surface area contributed by atoms with Crippen LogP contribution in [0, 0.1) is 0 Å². The number of carbonyl (C=O) groups excluding carboxylic acids is 1. The zero-order chi connectivity index (χ0) is 8.81. The fraction of sp³-hybridized carbons (Fsp3) is 0.857. The predicted octanol–water partition coefficient (Wildman–Crippen LogP) is -1.44. The summed E-state index contributed by atoms with van der Waals surface area (Å²) in [6, 6.07) is 0.00181. The number of nitrogens with two attached hydrogens (primary N) is 1. The standard InChI is InChI=1S/C7H16N4O/c8-1-2-10-7(12)11-5-3-9-4-6-11/h9H,1-6,8H2,(H,10,12). The number of amides is 2. The Kier molecular flexibility index (Phi) is 3.83. The Morgan fingerprint density at radius 1 is 1.50 bits per heavy atom. The Hall–Kier alpha value is -0.810. The third-order valence-corrected chi connectivity index (χ3v) is 1.82. The van der Waals surface area contributed by atoms with Gasteiger partial charge in [-0.3, -0.25) is 0 Å². The minimum Gasteiger partial charge on any atom is -0.337 e. The highest BCUT2D eigenvalue weighted by atomic mass is 16.2. The number of nitrogens with one attached hydrogen (secondary N) is 2. The topological polar surface area (TPSA) is 70.4 Å². The molecule has 1 aliphatic heterocycles. The molecular formula is C7H16N4O. The second-order valence-corrected chi connectivity index (χ2v) is 2.76. The maximum atomic E-state index is 11.3. The van der Waals surface area contributed by atoms with Crippen LogP contribution in [0.2, 0.25) is 0 Å². The molecule has 0 atom stereocenters. The summed E-state index contributed by atoms with van der Waals surface area (Å²) in [6.07, 6.45) is 0. The molecule has 0 bridgehead atoms. The second kappa shape index (κ2) is 4.95. The molecule has 1 saturated heterocycles. The van der Waals surface area contributed by atoms with E-state index in [1.807, 2.05) is 0 Å². The number of rotatable bonds is 2. The van der Waals surface area contributed by atoms with Crippen LogP contribution in [0.4, 0.5) is 4.79 Å². The lowest BCUT2D eigenvalue weighted by Crippen LogP contribution is -2.50. The van der Waals surface area contributed by atoms with Gasteiger partial charge in [0, 0.05) is 39.3 Å². The number of urea groups is 1. The number of hydrogen-bond donors (Lipinski definition) is 3. The van der Waals surface area contributed by atoms with Crippen LogP contribution in [-0.2, 0) is 0 Å². The van der Waals surface area contributed by atoms with Gasteiger partial charge in [0.05, 0.1) is 0 Å². The molecule has 0 aromatic carbocycles. The Morgan fingerprint density at radius 3 is 2.75 bits per heavy atom. The zero-order valence-electron chi connectivity index (χ0n) is 7.18. The van der Waals surface area contributed by atoms with Gasteiger partial charge < -0.3 is 21.3 Å². The molecule has 0 unspecified atom stereocenters.